The summed E-state index contributed by atoms with van der Waals surface area (Å²) in [5.74, 6) is 0.678. The molecule has 0 bridgehead atoms. The quantitative estimate of drug-likeness (QED) is 0.572. The Hall–Kier alpha value is -3.66. The summed E-state index contributed by atoms with van der Waals surface area (Å²) in [6.07, 6.45) is 4.94. The predicted octanol–water partition coefficient (Wildman–Crippen LogP) is 2.34. The predicted molar refractivity (Wildman–Crippen MR) is 128 cm³/mol. The molecule has 1 amide bonds. The maximum atomic E-state index is 12.1. The maximum absolute atomic E-state index is 12.1. The molecule has 4 heterocycles. The zero-order valence-corrected chi connectivity index (χ0v) is 18.5. The van der Waals surface area contributed by atoms with E-state index in [-0.39, 0.29) is 11.9 Å². The van der Waals surface area contributed by atoms with Crippen molar-refractivity contribution >= 4 is 40.2 Å². The summed E-state index contributed by atoms with van der Waals surface area (Å²) in [5.41, 5.74) is 9.46. The number of nitrogens with two attached hydrogens (primary N) is 1. The molecule has 3 aromatic rings. The fraction of sp³-hybridized carbons (Fsp3) is 0.391. The number of hydrogen-bond acceptors (Lipinski definition) is 8. The number of amides is 1. The van der Waals surface area contributed by atoms with Crippen molar-refractivity contribution in [2.45, 2.75) is 18.9 Å². The highest BCUT2D eigenvalue weighted by Gasteiger charge is 2.26. The topological polar surface area (TPSA) is 114 Å². The van der Waals surface area contributed by atoms with Gasteiger partial charge < -0.3 is 30.2 Å². The van der Waals surface area contributed by atoms with Gasteiger partial charge in [0.1, 0.15) is 5.52 Å². The number of piperidine rings is 1. The van der Waals surface area contributed by atoms with Crippen LogP contribution in [0.5, 0.6) is 0 Å². The van der Waals surface area contributed by atoms with Crippen molar-refractivity contribution in [2.75, 3.05) is 55.3 Å². The monoisotopic (exact) mass is 448 g/mol. The van der Waals surface area contributed by atoms with E-state index in [1.807, 2.05) is 21.6 Å². The first-order chi connectivity index (χ1) is 16.1. The number of anilines is 4. The molecule has 1 atom stereocenters. The van der Waals surface area contributed by atoms with E-state index in [0.717, 1.165) is 57.1 Å². The second-order valence-electron chi connectivity index (χ2n) is 8.32. The molecule has 0 unspecified atom stereocenters. The number of carbonyl (C=O) groups is 1. The number of benzene rings is 1. The highest BCUT2D eigenvalue weighted by atomic mass is 16.5. The van der Waals surface area contributed by atoms with Crippen molar-refractivity contribution in [3.8, 4) is 0 Å². The molecule has 33 heavy (non-hydrogen) atoms. The summed E-state index contributed by atoms with van der Waals surface area (Å²) in [6, 6.07) is 8.21. The van der Waals surface area contributed by atoms with E-state index < -0.39 is 0 Å². The average Bonchev–Trinajstić information content (AvgIpc) is 3.29. The molecule has 2 fully saturated rings. The van der Waals surface area contributed by atoms with E-state index >= 15 is 0 Å². The van der Waals surface area contributed by atoms with Crippen LogP contribution in [0.3, 0.4) is 0 Å². The third-order valence-corrected chi connectivity index (χ3v) is 6.20. The third-order valence-electron chi connectivity index (χ3n) is 6.20. The molecule has 0 saturated carbocycles. The van der Waals surface area contributed by atoms with Crippen molar-refractivity contribution in [3.63, 3.8) is 0 Å². The van der Waals surface area contributed by atoms with Crippen LogP contribution in [0.2, 0.25) is 0 Å². The summed E-state index contributed by atoms with van der Waals surface area (Å²) in [4.78, 5) is 29.8. The van der Waals surface area contributed by atoms with Crippen molar-refractivity contribution in [2.24, 2.45) is 0 Å². The smallest absolute Gasteiger partial charge is 0.246 e. The van der Waals surface area contributed by atoms with Gasteiger partial charge in [-0.25, -0.2) is 4.98 Å². The van der Waals surface area contributed by atoms with Gasteiger partial charge in [0.25, 0.3) is 0 Å². The first-order valence-corrected chi connectivity index (χ1v) is 11.2. The first-order valence-electron chi connectivity index (χ1n) is 11.2. The van der Waals surface area contributed by atoms with Crippen LogP contribution in [-0.4, -0.2) is 69.7 Å². The summed E-state index contributed by atoms with van der Waals surface area (Å²) in [7, 11) is 0. The Morgan fingerprint density at radius 3 is 2.91 bits per heavy atom. The summed E-state index contributed by atoms with van der Waals surface area (Å²) >= 11 is 0. The fourth-order valence-corrected chi connectivity index (χ4v) is 4.50. The molecule has 2 aliphatic rings. The summed E-state index contributed by atoms with van der Waals surface area (Å²) in [6.45, 7) is 8.12. The Morgan fingerprint density at radius 2 is 2.09 bits per heavy atom. The highest BCUT2D eigenvalue weighted by molar-refractivity contribution is 5.87. The number of nitrogen functional groups attached to an aromatic ring is 1. The van der Waals surface area contributed by atoms with Crippen LogP contribution in [0.25, 0.3) is 11.2 Å². The van der Waals surface area contributed by atoms with E-state index in [4.69, 9.17) is 15.5 Å². The molecule has 2 aliphatic heterocycles. The lowest BCUT2D eigenvalue weighted by molar-refractivity contribution is -0.127. The number of nitrogens with one attached hydrogen (secondary N) is 1. The van der Waals surface area contributed by atoms with E-state index in [9.17, 15) is 4.79 Å². The van der Waals surface area contributed by atoms with Crippen LogP contribution in [0.1, 0.15) is 18.9 Å². The van der Waals surface area contributed by atoms with Gasteiger partial charge in [0.15, 0.2) is 11.5 Å². The molecule has 2 saturated heterocycles. The highest BCUT2D eigenvalue weighted by Crippen LogP contribution is 2.28. The van der Waals surface area contributed by atoms with Crippen molar-refractivity contribution in [1.82, 2.24) is 24.4 Å². The Kier molecular flexibility index (Phi) is 5.82. The molecule has 3 N–H and O–H groups in total. The van der Waals surface area contributed by atoms with Gasteiger partial charge in [-0.15, -0.1) is 0 Å². The van der Waals surface area contributed by atoms with Gasteiger partial charge in [-0.1, -0.05) is 12.6 Å². The van der Waals surface area contributed by atoms with Crippen LogP contribution in [0.4, 0.5) is 23.1 Å². The number of likely N-dealkylation sites (tertiary alicyclic amines) is 1. The molecule has 2 aromatic heterocycles. The average molecular weight is 449 g/mol. The minimum atomic E-state index is -0.0548. The second-order valence-corrected chi connectivity index (χ2v) is 8.32. The number of imidazole rings is 1. The number of morpholine rings is 1. The van der Waals surface area contributed by atoms with Crippen molar-refractivity contribution in [3.05, 3.63) is 43.2 Å². The van der Waals surface area contributed by atoms with Crippen LogP contribution in [-0.2, 0) is 9.53 Å². The molecule has 0 radical (unpaired) electrons. The van der Waals surface area contributed by atoms with Gasteiger partial charge in [0.05, 0.1) is 25.6 Å². The lowest BCUT2D eigenvalue weighted by Gasteiger charge is -2.32. The largest absolute Gasteiger partial charge is 0.382 e. The third kappa shape index (κ3) is 4.34. The summed E-state index contributed by atoms with van der Waals surface area (Å²) in [5, 5.41) is 3.29. The number of fused-ring (bicyclic) bond motifs is 1. The number of hydrogen-bond donors (Lipinski definition) is 2. The van der Waals surface area contributed by atoms with Gasteiger partial charge in [0.2, 0.25) is 11.9 Å². The minimum absolute atomic E-state index is 0.0548. The van der Waals surface area contributed by atoms with E-state index in [2.05, 4.69) is 38.9 Å². The van der Waals surface area contributed by atoms with Crippen molar-refractivity contribution < 1.29 is 9.53 Å². The Bertz CT molecular complexity index is 1170. The molecule has 10 heteroatoms. The van der Waals surface area contributed by atoms with Gasteiger partial charge in [-0.3, -0.25) is 4.79 Å². The lowest BCUT2D eigenvalue weighted by Crippen LogP contribution is -2.39. The normalized spacial score (nSPS) is 19.0. The van der Waals surface area contributed by atoms with Gasteiger partial charge in [0, 0.05) is 37.6 Å². The Morgan fingerprint density at radius 1 is 1.24 bits per heavy atom. The molecule has 1 aromatic carbocycles. The minimum Gasteiger partial charge on any atom is -0.382 e. The zero-order chi connectivity index (χ0) is 22.8. The number of ether oxygens (including phenoxy) is 1. The molecular weight excluding hydrogens is 420 g/mol. The standard InChI is InChI=1S/C23H28N8O2/c1-2-19(32)30-8-4-7-18(14-30)31-15-25-20-21(24)27-23(28-22(20)31)26-16-5-3-6-17(13-16)29-9-11-33-12-10-29/h2-3,5-6,13,15,18H,1,4,7-12,14H2,(H3,24,26,27,28)/t18-/m0/s1. The number of nitrogens with zero attached hydrogens (tertiary/aromatic N) is 6. The maximum Gasteiger partial charge on any atom is 0.246 e. The lowest BCUT2D eigenvalue weighted by atomic mass is 10.1. The van der Waals surface area contributed by atoms with Gasteiger partial charge >= 0.3 is 0 Å². The second kappa shape index (κ2) is 9.07. The molecule has 10 nitrogen and oxygen atoms in total. The van der Waals surface area contributed by atoms with Crippen LogP contribution in [0.15, 0.2) is 43.2 Å². The first kappa shape index (κ1) is 21.2. The van der Waals surface area contributed by atoms with Gasteiger partial charge in [-0.2, -0.15) is 9.97 Å². The van der Waals surface area contributed by atoms with Crippen LogP contribution in [0, 0.1) is 0 Å². The summed E-state index contributed by atoms with van der Waals surface area (Å²) < 4.78 is 7.46. The SMILES string of the molecule is C=CC(=O)N1CCC[C@H](n2cnc3c(N)nc(Nc4cccc(N5CCOCC5)c4)nc32)C1. The molecule has 172 valence electrons. The van der Waals surface area contributed by atoms with E-state index in [1.54, 1.807) is 6.33 Å². The number of rotatable bonds is 5. The molecule has 5 rings (SSSR count). The van der Waals surface area contributed by atoms with Crippen molar-refractivity contribution in [1.29, 1.82) is 0 Å². The Balaban J connectivity index is 1.41. The number of aromatic nitrogens is 4. The van der Waals surface area contributed by atoms with Crippen LogP contribution < -0.4 is 16.0 Å². The van der Waals surface area contributed by atoms with E-state index in [1.165, 1.54) is 6.08 Å². The fourth-order valence-electron chi connectivity index (χ4n) is 4.50. The van der Waals surface area contributed by atoms with E-state index in [0.29, 0.717) is 29.5 Å². The Labute approximate surface area is 192 Å². The zero-order valence-electron chi connectivity index (χ0n) is 18.5. The molecule has 0 aliphatic carbocycles. The molecular formula is C23H28N8O2. The number of carbonyl (C=O) groups excluding carboxylic acids is 1. The molecule has 0 spiro atoms. The van der Waals surface area contributed by atoms with Crippen LogP contribution >= 0.6 is 0 Å². The van der Waals surface area contributed by atoms with Gasteiger partial charge in [-0.05, 0) is 37.1 Å².